The Bertz CT molecular complexity index is 684. The van der Waals surface area contributed by atoms with Gasteiger partial charge in [-0.25, -0.2) is 13.6 Å². The third-order valence-electron chi connectivity index (χ3n) is 4.63. The molecular formula is C16H23N3O3S. The molecule has 0 radical (unpaired) electrons. The van der Waals surface area contributed by atoms with Crippen molar-refractivity contribution in [1.82, 2.24) is 4.90 Å². The van der Waals surface area contributed by atoms with Crippen LogP contribution < -0.4 is 10.0 Å². The number of carbonyl (C=O) groups is 1. The molecule has 126 valence electrons. The molecular weight excluding hydrogens is 314 g/mol. The second kappa shape index (κ2) is 6.59. The van der Waals surface area contributed by atoms with E-state index in [-0.39, 0.29) is 18.9 Å². The van der Waals surface area contributed by atoms with Crippen LogP contribution in [0.3, 0.4) is 0 Å². The van der Waals surface area contributed by atoms with Crippen LogP contribution in [0.4, 0.5) is 5.69 Å². The molecule has 0 saturated carbocycles. The van der Waals surface area contributed by atoms with E-state index in [2.05, 4.69) is 11.0 Å². The van der Waals surface area contributed by atoms with Gasteiger partial charge < -0.3 is 4.90 Å². The summed E-state index contributed by atoms with van der Waals surface area (Å²) in [6.45, 7) is 3.24. The minimum absolute atomic E-state index is 0.0326. The number of sulfonamides is 1. The van der Waals surface area contributed by atoms with Crippen LogP contribution in [0.1, 0.15) is 31.2 Å². The van der Waals surface area contributed by atoms with E-state index in [0.717, 1.165) is 30.9 Å². The fourth-order valence-electron chi connectivity index (χ4n) is 3.34. The first kappa shape index (κ1) is 16.4. The monoisotopic (exact) mass is 337 g/mol. The predicted octanol–water partition coefficient (Wildman–Crippen LogP) is 1.07. The van der Waals surface area contributed by atoms with Gasteiger partial charge in [0.15, 0.2) is 0 Å². The molecule has 0 bridgehead atoms. The van der Waals surface area contributed by atoms with Gasteiger partial charge in [-0.15, -0.1) is 0 Å². The van der Waals surface area contributed by atoms with Crippen molar-refractivity contribution in [1.29, 1.82) is 0 Å². The molecule has 2 saturated heterocycles. The van der Waals surface area contributed by atoms with Crippen LogP contribution in [-0.4, -0.2) is 44.1 Å². The van der Waals surface area contributed by atoms with Crippen LogP contribution in [-0.2, 0) is 21.4 Å². The number of anilines is 1. The van der Waals surface area contributed by atoms with Crippen molar-refractivity contribution in [2.75, 3.05) is 24.5 Å². The van der Waals surface area contributed by atoms with Crippen LogP contribution in [0.25, 0.3) is 0 Å². The minimum Gasteiger partial charge on any atom is -0.311 e. The Balaban J connectivity index is 1.73. The SMILES string of the molecule is NS(=O)(=O)C1CC(=O)N(c2cccc(CN3CCCCC3)c2)C1. The number of benzene rings is 1. The van der Waals surface area contributed by atoms with Gasteiger partial charge in [0.05, 0.1) is 0 Å². The molecule has 0 aliphatic carbocycles. The van der Waals surface area contributed by atoms with E-state index in [1.807, 2.05) is 18.2 Å². The summed E-state index contributed by atoms with van der Waals surface area (Å²) in [5.74, 6) is -0.181. The molecule has 2 fully saturated rings. The number of hydrogen-bond acceptors (Lipinski definition) is 4. The molecule has 2 heterocycles. The summed E-state index contributed by atoms with van der Waals surface area (Å²) in [6.07, 6.45) is 3.74. The second-order valence-corrected chi connectivity index (χ2v) is 8.27. The van der Waals surface area contributed by atoms with Gasteiger partial charge in [0, 0.05) is 25.2 Å². The largest absolute Gasteiger partial charge is 0.311 e. The van der Waals surface area contributed by atoms with Crippen LogP contribution in [0.5, 0.6) is 0 Å². The topological polar surface area (TPSA) is 83.7 Å². The maximum atomic E-state index is 12.1. The summed E-state index contributed by atoms with van der Waals surface area (Å²) in [4.78, 5) is 16.1. The van der Waals surface area contributed by atoms with E-state index in [4.69, 9.17) is 5.14 Å². The van der Waals surface area contributed by atoms with Crippen molar-refractivity contribution in [3.63, 3.8) is 0 Å². The zero-order valence-corrected chi connectivity index (χ0v) is 14.0. The zero-order valence-electron chi connectivity index (χ0n) is 13.1. The van der Waals surface area contributed by atoms with Gasteiger partial charge >= 0.3 is 0 Å². The average molecular weight is 337 g/mol. The second-order valence-electron chi connectivity index (χ2n) is 6.43. The van der Waals surface area contributed by atoms with E-state index < -0.39 is 15.3 Å². The number of likely N-dealkylation sites (tertiary alicyclic amines) is 1. The highest BCUT2D eigenvalue weighted by atomic mass is 32.2. The van der Waals surface area contributed by atoms with Crippen molar-refractivity contribution in [3.05, 3.63) is 29.8 Å². The summed E-state index contributed by atoms with van der Waals surface area (Å²) in [7, 11) is -3.68. The highest BCUT2D eigenvalue weighted by Crippen LogP contribution is 2.25. The van der Waals surface area contributed by atoms with E-state index in [0.29, 0.717) is 0 Å². The van der Waals surface area contributed by atoms with Crippen molar-refractivity contribution in [2.45, 2.75) is 37.5 Å². The molecule has 1 unspecified atom stereocenters. The highest BCUT2D eigenvalue weighted by molar-refractivity contribution is 7.89. The third-order valence-corrected chi connectivity index (χ3v) is 5.88. The molecule has 6 nitrogen and oxygen atoms in total. The Morgan fingerprint density at radius 1 is 1.17 bits per heavy atom. The number of nitrogens with two attached hydrogens (primary N) is 1. The van der Waals surface area contributed by atoms with Crippen molar-refractivity contribution in [3.8, 4) is 0 Å². The van der Waals surface area contributed by atoms with Crippen LogP contribution in [0, 0.1) is 0 Å². The summed E-state index contributed by atoms with van der Waals surface area (Å²) in [6, 6.07) is 7.81. The number of piperidine rings is 1. The van der Waals surface area contributed by atoms with Gasteiger partial charge in [-0.3, -0.25) is 9.69 Å². The van der Waals surface area contributed by atoms with Crippen molar-refractivity contribution >= 4 is 21.6 Å². The van der Waals surface area contributed by atoms with Gasteiger partial charge in [-0.05, 0) is 43.6 Å². The molecule has 3 rings (SSSR count). The fourth-order valence-corrected chi connectivity index (χ4v) is 4.07. The van der Waals surface area contributed by atoms with E-state index >= 15 is 0 Å². The van der Waals surface area contributed by atoms with Crippen LogP contribution in [0.15, 0.2) is 24.3 Å². The molecule has 1 amide bonds. The summed E-state index contributed by atoms with van der Waals surface area (Å²) >= 11 is 0. The first-order valence-electron chi connectivity index (χ1n) is 8.07. The molecule has 2 N–H and O–H groups in total. The molecule has 7 heteroatoms. The molecule has 1 aromatic rings. The predicted molar refractivity (Wildman–Crippen MR) is 89.4 cm³/mol. The number of carbonyl (C=O) groups excluding carboxylic acids is 1. The number of nitrogens with zero attached hydrogens (tertiary/aromatic N) is 2. The highest BCUT2D eigenvalue weighted by Gasteiger charge is 2.37. The molecule has 2 aliphatic heterocycles. The molecule has 0 aromatic heterocycles. The molecule has 2 aliphatic rings. The average Bonchev–Trinajstić information content (AvgIpc) is 2.91. The van der Waals surface area contributed by atoms with Gasteiger partial charge in [-0.2, -0.15) is 0 Å². The molecule has 23 heavy (non-hydrogen) atoms. The minimum atomic E-state index is -3.68. The Labute approximate surface area is 137 Å². The lowest BCUT2D eigenvalue weighted by Crippen LogP contribution is -2.32. The maximum absolute atomic E-state index is 12.1. The van der Waals surface area contributed by atoms with E-state index in [9.17, 15) is 13.2 Å². The van der Waals surface area contributed by atoms with Crippen molar-refractivity contribution < 1.29 is 13.2 Å². The van der Waals surface area contributed by atoms with E-state index in [1.54, 1.807) is 0 Å². The zero-order chi connectivity index (χ0) is 16.4. The Kier molecular flexibility index (Phi) is 4.70. The molecule has 0 spiro atoms. The first-order valence-corrected chi connectivity index (χ1v) is 9.68. The summed E-state index contributed by atoms with van der Waals surface area (Å²) in [5, 5.41) is 4.38. The Morgan fingerprint density at radius 2 is 1.91 bits per heavy atom. The van der Waals surface area contributed by atoms with Gasteiger partial charge in [0.1, 0.15) is 5.25 Å². The number of hydrogen-bond donors (Lipinski definition) is 1. The lowest BCUT2D eigenvalue weighted by Gasteiger charge is -2.27. The summed E-state index contributed by atoms with van der Waals surface area (Å²) < 4.78 is 23.0. The summed E-state index contributed by atoms with van der Waals surface area (Å²) in [5.41, 5.74) is 1.91. The standard InChI is InChI=1S/C16H23N3O3S/c17-23(21,22)15-10-16(20)19(12-15)14-6-4-5-13(9-14)11-18-7-2-1-3-8-18/h4-6,9,15H,1-3,7-8,10-12H2,(H2,17,21,22). The van der Waals surface area contributed by atoms with Gasteiger partial charge in [0.25, 0.3) is 0 Å². The van der Waals surface area contributed by atoms with Crippen LogP contribution in [0.2, 0.25) is 0 Å². The van der Waals surface area contributed by atoms with Gasteiger partial charge in [0.2, 0.25) is 15.9 Å². The number of amides is 1. The third kappa shape index (κ3) is 3.91. The quantitative estimate of drug-likeness (QED) is 0.891. The van der Waals surface area contributed by atoms with Crippen molar-refractivity contribution in [2.24, 2.45) is 5.14 Å². The van der Waals surface area contributed by atoms with Crippen LogP contribution >= 0.6 is 0 Å². The van der Waals surface area contributed by atoms with Gasteiger partial charge in [-0.1, -0.05) is 18.6 Å². The lowest BCUT2D eigenvalue weighted by molar-refractivity contribution is -0.117. The molecule has 1 atom stereocenters. The molecule has 1 aromatic carbocycles. The Morgan fingerprint density at radius 3 is 2.57 bits per heavy atom. The number of primary sulfonamides is 1. The normalized spacial score (nSPS) is 23.4. The fraction of sp³-hybridized carbons (Fsp3) is 0.562. The number of rotatable bonds is 4. The smallest absolute Gasteiger partial charge is 0.228 e. The Hall–Kier alpha value is -1.44. The first-order chi connectivity index (χ1) is 10.9. The van der Waals surface area contributed by atoms with E-state index in [1.165, 1.54) is 24.2 Å². The maximum Gasteiger partial charge on any atom is 0.228 e. The lowest BCUT2D eigenvalue weighted by atomic mass is 10.1.